The number of allylic oxidation sites excluding steroid dienone is 4. The number of halogens is 1. The molecule has 1 unspecified atom stereocenters. The Kier molecular flexibility index (Phi) is 2.74. The highest BCUT2D eigenvalue weighted by Gasteiger charge is 2.20. The molecule has 0 aromatic carbocycles. The van der Waals surface area contributed by atoms with E-state index >= 15 is 0 Å². The molecule has 1 atom stereocenters. The molecule has 2 aliphatic rings. The second kappa shape index (κ2) is 3.69. The predicted molar refractivity (Wildman–Crippen MR) is 68.2 cm³/mol. The molecule has 1 fully saturated rings. The zero-order valence-corrected chi connectivity index (χ0v) is 10.5. The van der Waals surface area contributed by atoms with E-state index in [-0.39, 0.29) is 3.42 Å². The number of hydrogen-bond donors (Lipinski definition) is 1. The van der Waals surface area contributed by atoms with E-state index < -0.39 is 0 Å². The van der Waals surface area contributed by atoms with Gasteiger partial charge < -0.3 is 5.32 Å². The van der Waals surface area contributed by atoms with Gasteiger partial charge in [0, 0.05) is 22.9 Å². The lowest BCUT2D eigenvalue weighted by atomic mass is 10.1. The Morgan fingerprint density at radius 1 is 1.62 bits per heavy atom. The van der Waals surface area contributed by atoms with Crippen LogP contribution in [-0.2, 0) is 0 Å². The molecule has 0 spiro atoms. The van der Waals surface area contributed by atoms with Crippen molar-refractivity contribution in [2.24, 2.45) is 0 Å². The molecule has 1 saturated heterocycles. The summed E-state index contributed by atoms with van der Waals surface area (Å²) >= 11 is 4.40. The van der Waals surface area contributed by atoms with Crippen LogP contribution in [0.2, 0.25) is 0 Å². The number of thioether (sulfide) groups is 1. The summed E-state index contributed by atoms with van der Waals surface area (Å²) in [7, 11) is 0. The molecule has 1 N–H and O–H groups in total. The summed E-state index contributed by atoms with van der Waals surface area (Å²) in [6.45, 7) is 3.30. The lowest BCUT2D eigenvalue weighted by Crippen LogP contribution is -2.24. The lowest BCUT2D eigenvalue weighted by Gasteiger charge is -2.21. The van der Waals surface area contributed by atoms with E-state index in [0.29, 0.717) is 0 Å². The first-order valence-electron chi connectivity index (χ1n) is 4.36. The van der Waals surface area contributed by atoms with Crippen LogP contribution in [0.5, 0.6) is 0 Å². The van der Waals surface area contributed by atoms with Crippen molar-refractivity contribution >= 4 is 34.4 Å². The topological polar surface area (TPSA) is 12.0 Å². The summed E-state index contributed by atoms with van der Waals surface area (Å²) in [5.41, 5.74) is 1.30. The van der Waals surface area contributed by atoms with Gasteiger partial charge in [-0.1, -0.05) is 34.7 Å². The maximum Gasteiger partial charge on any atom is 0.0578 e. The highest BCUT2D eigenvalue weighted by molar-refractivity contribution is 14.1. The van der Waals surface area contributed by atoms with Crippen molar-refractivity contribution in [3.63, 3.8) is 0 Å². The SMILES string of the molecule is CC1(I)C=CC=C2SCCNC2=C1. The van der Waals surface area contributed by atoms with E-state index in [1.54, 1.807) is 0 Å². The molecule has 1 aliphatic carbocycles. The van der Waals surface area contributed by atoms with Gasteiger partial charge in [0.1, 0.15) is 0 Å². The Labute approximate surface area is 96.9 Å². The fraction of sp³-hybridized carbons (Fsp3) is 0.400. The summed E-state index contributed by atoms with van der Waals surface area (Å²) in [6.07, 6.45) is 8.89. The summed E-state index contributed by atoms with van der Waals surface area (Å²) in [5.74, 6) is 1.18. The maximum absolute atomic E-state index is 3.44. The Balaban J connectivity index is 2.34. The monoisotopic (exact) mass is 305 g/mol. The average Bonchev–Trinajstić information content (AvgIpc) is 2.21. The summed E-state index contributed by atoms with van der Waals surface area (Å²) in [5, 5.41) is 3.44. The zero-order valence-electron chi connectivity index (χ0n) is 7.51. The molecule has 1 aliphatic heterocycles. The van der Waals surface area contributed by atoms with Crippen LogP contribution in [0.25, 0.3) is 0 Å². The van der Waals surface area contributed by atoms with Crippen molar-refractivity contribution < 1.29 is 0 Å². The number of fused-ring (bicyclic) bond motifs is 1. The fourth-order valence-electron chi connectivity index (χ4n) is 1.43. The second-order valence-electron chi connectivity index (χ2n) is 3.37. The van der Waals surface area contributed by atoms with Gasteiger partial charge >= 0.3 is 0 Å². The summed E-state index contributed by atoms with van der Waals surface area (Å²) in [6, 6.07) is 0. The van der Waals surface area contributed by atoms with Crippen molar-refractivity contribution in [3.8, 4) is 0 Å². The van der Waals surface area contributed by atoms with Crippen LogP contribution in [0.4, 0.5) is 0 Å². The Bertz CT molecular complexity index is 302. The largest absolute Gasteiger partial charge is 0.384 e. The van der Waals surface area contributed by atoms with Gasteiger partial charge in [-0.3, -0.25) is 0 Å². The Morgan fingerprint density at radius 2 is 2.46 bits per heavy atom. The minimum absolute atomic E-state index is 0.149. The van der Waals surface area contributed by atoms with Crippen LogP contribution in [0.1, 0.15) is 6.92 Å². The van der Waals surface area contributed by atoms with Gasteiger partial charge in [0.15, 0.2) is 0 Å². The minimum atomic E-state index is 0.149. The molecule has 0 aromatic heterocycles. The highest BCUT2D eigenvalue weighted by Crippen LogP contribution is 2.33. The first-order valence-corrected chi connectivity index (χ1v) is 6.42. The second-order valence-corrected chi connectivity index (χ2v) is 6.84. The minimum Gasteiger partial charge on any atom is -0.384 e. The van der Waals surface area contributed by atoms with Gasteiger partial charge in [0.25, 0.3) is 0 Å². The smallest absolute Gasteiger partial charge is 0.0578 e. The van der Waals surface area contributed by atoms with Gasteiger partial charge in [-0.2, -0.15) is 0 Å². The van der Waals surface area contributed by atoms with E-state index in [0.717, 1.165) is 6.54 Å². The fourth-order valence-corrected chi connectivity index (χ4v) is 2.83. The van der Waals surface area contributed by atoms with Gasteiger partial charge in [0.05, 0.1) is 3.42 Å². The van der Waals surface area contributed by atoms with Crippen molar-refractivity contribution in [1.29, 1.82) is 0 Å². The number of nitrogens with one attached hydrogen (secondary N) is 1. The Morgan fingerprint density at radius 3 is 3.31 bits per heavy atom. The normalized spacial score (nSPS) is 32.5. The van der Waals surface area contributed by atoms with Gasteiger partial charge in [-0.15, -0.1) is 11.8 Å². The van der Waals surface area contributed by atoms with E-state index in [9.17, 15) is 0 Å². The molecule has 0 aromatic rings. The summed E-state index contributed by atoms with van der Waals surface area (Å²) in [4.78, 5) is 1.38. The van der Waals surface area contributed by atoms with Gasteiger partial charge in [-0.05, 0) is 19.1 Å². The van der Waals surface area contributed by atoms with E-state index in [4.69, 9.17) is 0 Å². The molecule has 13 heavy (non-hydrogen) atoms. The molecule has 1 nitrogen and oxygen atoms in total. The molecule has 0 amide bonds. The van der Waals surface area contributed by atoms with Crippen LogP contribution in [0.15, 0.2) is 34.9 Å². The molecule has 0 radical (unpaired) electrons. The van der Waals surface area contributed by atoms with Crippen LogP contribution >= 0.6 is 34.4 Å². The quantitative estimate of drug-likeness (QED) is 0.545. The van der Waals surface area contributed by atoms with Crippen LogP contribution in [0, 0.1) is 0 Å². The van der Waals surface area contributed by atoms with Crippen molar-refractivity contribution in [2.75, 3.05) is 12.3 Å². The Hall–Kier alpha value is 0.1000. The number of rotatable bonds is 0. The summed E-state index contributed by atoms with van der Waals surface area (Å²) < 4.78 is 0.149. The predicted octanol–water partition coefficient (Wildman–Crippen LogP) is 2.85. The van der Waals surface area contributed by atoms with Crippen LogP contribution in [-0.4, -0.2) is 15.7 Å². The lowest BCUT2D eigenvalue weighted by molar-refractivity contribution is 0.856. The van der Waals surface area contributed by atoms with Crippen molar-refractivity contribution in [2.45, 2.75) is 10.3 Å². The van der Waals surface area contributed by atoms with Crippen molar-refractivity contribution in [1.82, 2.24) is 5.32 Å². The van der Waals surface area contributed by atoms with Crippen LogP contribution < -0.4 is 5.32 Å². The molecular weight excluding hydrogens is 293 g/mol. The first kappa shape index (κ1) is 9.65. The standard InChI is InChI=1S/C10H12INS/c1-10(11)4-2-3-9-8(7-10)12-5-6-13-9/h2-4,7,12H,5-6H2,1H3. The molecule has 3 heteroatoms. The number of alkyl halides is 1. The van der Waals surface area contributed by atoms with Gasteiger partial charge in [-0.25, -0.2) is 0 Å². The molecular formula is C10H12INS. The third kappa shape index (κ3) is 2.31. The van der Waals surface area contributed by atoms with Gasteiger partial charge in [0.2, 0.25) is 0 Å². The van der Waals surface area contributed by atoms with Crippen LogP contribution in [0.3, 0.4) is 0 Å². The third-order valence-electron chi connectivity index (χ3n) is 2.04. The molecule has 2 rings (SSSR count). The number of hydrogen-bond acceptors (Lipinski definition) is 2. The van der Waals surface area contributed by atoms with E-state index in [1.807, 2.05) is 11.8 Å². The van der Waals surface area contributed by atoms with E-state index in [1.165, 1.54) is 16.4 Å². The zero-order chi connectivity index (χ0) is 9.31. The molecule has 0 bridgehead atoms. The van der Waals surface area contributed by atoms with E-state index in [2.05, 4.69) is 59.1 Å². The third-order valence-corrected chi connectivity index (χ3v) is 3.78. The molecule has 1 heterocycles. The molecule has 70 valence electrons. The molecule has 0 saturated carbocycles. The first-order chi connectivity index (χ1) is 6.17. The van der Waals surface area contributed by atoms with Crippen molar-refractivity contribution in [3.05, 3.63) is 34.9 Å². The average molecular weight is 305 g/mol. The maximum atomic E-state index is 3.44. The highest BCUT2D eigenvalue weighted by atomic mass is 127.